The molecule has 0 fully saturated rings. The highest BCUT2D eigenvalue weighted by Crippen LogP contribution is 2.24. The van der Waals surface area contributed by atoms with Gasteiger partial charge in [-0.05, 0) is 48.0 Å². The summed E-state index contributed by atoms with van der Waals surface area (Å²) in [6.45, 7) is 0. The zero-order chi connectivity index (χ0) is 21.8. The summed E-state index contributed by atoms with van der Waals surface area (Å²) < 4.78 is 0.925. The maximum atomic E-state index is 12.2. The molecule has 4 aromatic rings. The van der Waals surface area contributed by atoms with Gasteiger partial charge in [0, 0.05) is 32.9 Å². The molecule has 0 spiro atoms. The van der Waals surface area contributed by atoms with E-state index in [9.17, 15) is 9.59 Å². The van der Waals surface area contributed by atoms with Crippen LogP contribution in [-0.2, 0) is 4.79 Å². The number of rotatable bonds is 5. The number of anilines is 2. The van der Waals surface area contributed by atoms with Crippen LogP contribution in [0.5, 0.6) is 0 Å². The molecule has 3 amide bonds. The van der Waals surface area contributed by atoms with Crippen LogP contribution < -0.4 is 16.4 Å². The van der Waals surface area contributed by atoms with Gasteiger partial charge in [0.15, 0.2) is 0 Å². The predicted molar refractivity (Wildman–Crippen MR) is 126 cm³/mol. The molecule has 0 saturated heterocycles. The first-order chi connectivity index (χ1) is 15.0. The summed E-state index contributed by atoms with van der Waals surface area (Å²) in [5.74, 6) is -0.130. The van der Waals surface area contributed by atoms with Crippen molar-refractivity contribution in [1.82, 2.24) is 9.97 Å². The van der Waals surface area contributed by atoms with Crippen LogP contribution in [0.25, 0.3) is 22.7 Å². The summed E-state index contributed by atoms with van der Waals surface area (Å²) in [6, 6.07) is 19.6. The Labute approximate surface area is 186 Å². The number of primary amides is 1. The van der Waals surface area contributed by atoms with Gasteiger partial charge in [0.2, 0.25) is 5.91 Å². The van der Waals surface area contributed by atoms with Crippen molar-refractivity contribution in [1.29, 1.82) is 0 Å². The molecular weight excluding hydrogens is 458 g/mol. The van der Waals surface area contributed by atoms with Gasteiger partial charge < -0.3 is 16.0 Å². The maximum absolute atomic E-state index is 12.2. The Kier molecular flexibility index (Phi) is 5.81. The van der Waals surface area contributed by atoms with E-state index in [4.69, 9.17) is 5.73 Å². The van der Waals surface area contributed by atoms with Gasteiger partial charge in [0.25, 0.3) is 0 Å². The Morgan fingerprint density at radius 1 is 0.968 bits per heavy atom. The van der Waals surface area contributed by atoms with Crippen LogP contribution in [0.1, 0.15) is 11.1 Å². The quantitative estimate of drug-likeness (QED) is 0.304. The van der Waals surface area contributed by atoms with Crippen LogP contribution in [0.2, 0.25) is 0 Å². The molecule has 0 saturated carbocycles. The molecular formula is C23H18BrN5O2. The summed E-state index contributed by atoms with van der Waals surface area (Å²) >= 11 is 3.35. The number of nitrogens with zero attached hydrogens (tertiary/aromatic N) is 1. The molecule has 8 heteroatoms. The molecule has 0 radical (unpaired) electrons. The number of nitrogens with one attached hydrogen (secondary N) is 3. The summed E-state index contributed by atoms with van der Waals surface area (Å²) in [4.78, 5) is 31.7. The average molecular weight is 476 g/mol. The standard InChI is InChI=1S/C23H18BrN5O2/c24-16-6-8-17(9-7-16)27-23(31)29-20-11-10-18-15(13-26-22(18)28-20)12-19(21(25)30)14-4-2-1-3-5-14/h1-13H,(H2,25,30)(H3,26,27,28,29,31)/b19-12+. The van der Waals surface area contributed by atoms with Crippen LogP contribution in [0.3, 0.4) is 0 Å². The lowest BCUT2D eigenvalue weighted by molar-refractivity contribution is -0.112. The van der Waals surface area contributed by atoms with Crippen LogP contribution in [-0.4, -0.2) is 21.9 Å². The lowest BCUT2D eigenvalue weighted by atomic mass is 10.0. The molecule has 0 unspecified atom stereocenters. The summed E-state index contributed by atoms with van der Waals surface area (Å²) in [6.07, 6.45) is 3.47. The lowest BCUT2D eigenvalue weighted by Crippen LogP contribution is -2.20. The minimum atomic E-state index is -0.517. The molecule has 154 valence electrons. The third kappa shape index (κ3) is 4.81. The second kappa shape index (κ2) is 8.85. The van der Waals surface area contributed by atoms with E-state index >= 15 is 0 Å². The molecule has 0 aliphatic rings. The van der Waals surface area contributed by atoms with Gasteiger partial charge in [-0.2, -0.15) is 0 Å². The van der Waals surface area contributed by atoms with E-state index in [2.05, 4.69) is 36.5 Å². The van der Waals surface area contributed by atoms with Crippen molar-refractivity contribution in [2.24, 2.45) is 5.73 Å². The third-order valence-electron chi connectivity index (χ3n) is 4.56. The number of aromatic amines is 1. The molecule has 7 nitrogen and oxygen atoms in total. The number of H-pyrrole nitrogens is 1. The Balaban J connectivity index is 1.56. The Morgan fingerprint density at radius 2 is 1.71 bits per heavy atom. The number of carbonyl (C=O) groups excluding carboxylic acids is 2. The smallest absolute Gasteiger partial charge is 0.324 e. The normalized spacial score (nSPS) is 11.3. The van der Waals surface area contributed by atoms with E-state index in [0.717, 1.165) is 21.0 Å². The molecule has 31 heavy (non-hydrogen) atoms. The maximum Gasteiger partial charge on any atom is 0.324 e. The first-order valence-electron chi connectivity index (χ1n) is 9.38. The number of fused-ring (bicyclic) bond motifs is 1. The van der Waals surface area contributed by atoms with Crippen LogP contribution >= 0.6 is 15.9 Å². The van der Waals surface area contributed by atoms with Gasteiger partial charge in [-0.3, -0.25) is 10.1 Å². The summed E-state index contributed by atoms with van der Waals surface area (Å²) in [5, 5.41) is 6.25. The van der Waals surface area contributed by atoms with Gasteiger partial charge in [-0.25, -0.2) is 9.78 Å². The van der Waals surface area contributed by atoms with E-state index in [1.165, 1.54) is 0 Å². The lowest BCUT2D eigenvalue weighted by Gasteiger charge is -2.07. The van der Waals surface area contributed by atoms with Gasteiger partial charge in [0.05, 0.1) is 0 Å². The van der Waals surface area contributed by atoms with E-state index in [1.54, 1.807) is 30.5 Å². The molecule has 0 aliphatic heterocycles. The molecule has 2 heterocycles. The van der Waals surface area contributed by atoms with Gasteiger partial charge in [-0.15, -0.1) is 0 Å². The molecule has 0 atom stereocenters. The summed E-state index contributed by atoms with van der Waals surface area (Å²) in [7, 11) is 0. The fourth-order valence-electron chi connectivity index (χ4n) is 3.10. The zero-order valence-electron chi connectivity index (χ0n) is 16.2. The van der Waals surface area contributed by atoms with Crippen molar-refractivity contribution >= 4 is 62.1 Å². The van der Waals surface area contributed by atoms with E-state index in [-0.39, 0.29) is 0 Å². The third-order valence-corrected chi connectivity index (χ3v) is 5.09. The van der Waals surface area contributed by atoms with Crippen LogP contribution in [0.4, 0.5) is 16.3 Å². The highest BCUT2D eigenvalue weighted by molar-refractivity contribution is 9.10. The molecule has 0 aliphatic carbocycles. The first-order valence-corrected chi connectivity index (χ1v) is 10.2. The van der Waals surface area contributed by atoms with Gasteiger partial charge >= 0.3 is 6.03 Å². The number of pyridine rings is 1. The zero-order valence-corrected chi connectivity index (χ0v) is 17.8. The number of amides is 3. The van der Waals surface area contributed by atoms with Crippen LogP contribution in [0.15, 0.2) is 77.4 Å². The number of halogens is 1. The summed E-state index contributed by atoms with van der Waals surface area (Å²) in [5.41, 5.74) is 8.73. The molecule has 5 N–H and O–H groups in total. The SMILES string of the molecule is NC(=O)/C(=C/c1c[nH]c2nc(NC(=O)Nc3ccc(Br)cc3)ccc12)c1ccccc1. The number of nitrogens with two attached hydrogens (primary N) is 1. The Hall–Kier alpha value is -3.91. The second-order valence-electron chi connectivity index (χ2n) is 6.71. The minimum absolute atomic E-state index is 0.387. The first kappa shape index (κ1) is 20.4. The fraction of sp³-hybridized carbons (Fsp3) is 0. The topological polar surface area (TPSA) is 113 Å². The van der Waals surface area contributed by atoms with Crippen molar-refractivity contribution in [3.8, 4) is 0 Å². The van der Waals surface area contributed by atoms with Crippen molar-refractivity contribution in [3.05, 3.63) is 88.5 Å². The number of carbonyl (C=O) groups is 2. The predicted octanol–water partition coefficient (Wildman–Crippen LogP) is 5.00. The van der Waals surface area contributed by atoms with E-state index in [0.29, 0.717) is 22.7 Å². The monoisotopic (exact) mass is 475 g/mol. The molecule has 2 aromatic carbocycles. The number of urea groups is 1. The van der Waals surface area contributed by atoms with Crippen molar-refractivity contribution < 1.29 is 9.59 Å². The Morgan fingerprint density at radius 3 is 2.42 bits per heavy atom. The Bertz CT molecular complexity index is 1280. The van der Waals surface area contributed by atoms with Crippen molar-refractivity contribution in [2.75, 3.05) is 10.6 Å². The fourth-order valence-corrected chi connectivity index (χ4v) is 3.36. The second-order valence-corrected chi connectivity index (χ2v) is 7.63. The molecule has 0 bridgehead atoms. The van der Waals surface area contributed by atoms with Crippen molar-refractivity contribution in [2.45, 2.75) is 0 Å². The van der Waals surface area contributed by atoms with Gasteiger partial charge in [-0.1, -0.05) is 46.3 Å². The largest absolute Gasteiger partial charge is 0.366 e. The number of hydrogen-bond acceptors (Lipinski definition) is 3. The molecule has 2 aromatic heterocycles. The molecule has 4 rings (SSSR count). The van der Waals surface area contributed by atoms with Gasteiger partial charge in [0.1, 0.15) is 11.5 Å². The van der Waals surface area contributed by atoms with E-state index in [1.807, 2.05) is 48.5 Å². The number of hydrogen-bond donors (Lipinski definition) is 4. The number of benzene rings is 2. The minimum Gasteiger partial charge on any atom is -0.366 e. The highest BCUT2D eigenvalue weighted by Gasteiger charge is 2.12. The van der Waals surface area contributed by atoms with Crippen molar-refractivity contribution in [3.63, 3.8) is 0 Å². The average Bonchev–Trinajstić information content (AvgIpc) is 3.16. The van der Waals surface area contributed by atoms with Crippen LogP contribution in [0, 0.1) is 0 Å². The highest BCUT2D eigenvalue weighted by atomic mass is 79.9. The van der Waals surface area contributed by atoms with E-state index < -0.39 is 11.9 Å². The number of aromatic nitrogens is 2.